The number of nitrogens with zero attached hydrogens (tertiary/aromatic N) is 2. The van der Waals surface area contributed by atoms with Gasteiger partial charge in [-0.2, -0.15) is 0 Å². The average Bonchev–Trinajstić information content (AvgIpc) is 3.21. The summed E-state index contributed by atoms with van der Waals surface area (Å²) in [5.74, 6) is 2.83. The first kappa shape index (κ1) is 15.2. The van der Waals surface area contributed by atoms with E-state index in [9.17, 15) is 0 Å². The molecule has 1 N–H and O–H groups in total. The fourth-order valence-electron chi connectivity index (χ4n) is 2.70. The standard InChI is InChI=1S/C20H17N3O2/c1-24-15-7-4-6-14(12-15)13-21-19-16-8-2-3-9-17(16)22-20(23-19)18-10-5-11-25-18/h2-12H,13H2,1H3,(H,21,22,23). The van der Waals surface area contributed by atoms with Crippen molar-refractivity contribution in [3.63, 3.8) is 0 Å². The van der Waals surface area contributed by atoms with Gasteiger partial charge < -0.3 is 14.5 Å². The lowest BCUT2D eigenvalue weighted by Gasteiger charge is -2.11. The molecule has 0 spiro atoms. The van der Waals surface area contributed by atoms with Gasteiger partial charge in [0.1, 0.15) is 11.6 Å². The Bertz CT molecular complexity index is 997. The number of benzene rings is 2. The molecule has 2 aromatic heterocycles. The van der Waals surface area contributed by atoms with Crippen molar-refractivity contribution >= 4 is 16.7 Å². The first-order valence-corrected chi connectivity index (χ1v) is 8.01. The number of para-hydroxylation sites is 1. The SMILES string of the molecule is COc1cccc(CNc2nc(-c3ccco3)nc3ccccc23)c1. The quantitative estimate of drug-likeness (QED) is 0.583. The van der Waals surface area contributed by atoms with Gasteiger partial charge in [-0.1, -0.05) is 24.3 Å². The van der Waals surface area contributed by atoms with Crippen LogP contribution in [0.1, 0.15) is 5.56 Å². The lowest BCUT2D eigenvalue weighted by molar-refractivity contribution is 0.414. The molecule has 25 heavy (non-hydrogen) atoms. The zero-order valence-corrected chi connectivity index (χ0v) is 13.8. The number of hydrogen-bond donors (Lipinski definition) is 1. The zero-order valence-electron chi connectivity index (χ0n) is 13.8. The van der Waals surface area contributed by atoms with Gasteiger partial charge in [-0.3, -0.25) is 0 Å². The molecule has 0 unspecified atom stereocenters. The summed E-state index contributed by atoms with van der Waals surface area (Å²) >= 11 is 0. The van der Waals surface area contributed by atoms with Crippen molar-refractivity contribution in [2.75, 3.05) is 12.4 Å². The van der Waals surface area contributed by atoms with Crippen molar-refractivity contribution < 1.29 is 9.15 Å². The molecule has 0 bridgehead atoms. The topological polar surface area (TPSA) is 60.2 Å². The Morgan fingerprint density at radius 2 is 1.92 bits per heavy atom. The number of furan rings is 1. The van der Waals surface area contributed by atoms with Crippen molar-refractivity contribution in [1.29, 1.82) is 0 Å². The van der Waals surface area contributed by atoms with Gasteiger partial charge >= 0.3 is 0 Å². The molecule has 5 nitrogen and oxygen atoms in total. The summed E-state index contributed by atoms with van der Waals surface area (Å²) in [6.45, 7) is 0.635. The third-order valence-corrected chi connectivity index (χ3v) is 3.94. The van der Waals surface area contributed by atoms with Crippen LogP contribution in [0, 0.1) is 0 Å². The molecular formula is C20H17N3O2. The monoisotopic (exact) mass is 331 g/mol. The summed E-state index contributed by atoms with van der Waals surface area (Å²) < 4.78 is 10.7. The highest BCUT2D eigenvalue weighted by molar-refractivity contribution is 5.90. The lowest BCUT2D eigenvalue weighted by atomic mass is 10.2. The Morgan fingerprint density at radius 1 is 1.00 bits per heavy atom. The molecule has 0 radical (unpaired) electrons. The first-order chi connectivity index (χ1) is 12.3. The molecule has 0 aliphatic carbocycles. The zero-order chi connectivity index (χ0) is 17.1. The highest BCUT2D eigenvalue weighted by Crippen LogP contribution is 2.25. The number of rotatable bonds is 5. The van der Waals surface area contributed by atoms with Gasteiger partial charge in [-0.15, -0.1) is 0 Å². The average molecular weight is 331 g/mol. The summed E-state index contributed by atoms with van der Waals surface area (Å²) in [6, 6.07) is 19.6. The van der Waals surface area contributed by atoms with Crippen molar-refractivity contribution in [3.05, 3.63) is 72.5 Å². The number of hydrogen-bond acceptors (Lipinski definition) is 5. The molecule has 5 heteroatoms. The van der Waals surface area contributed by atoms with E-state index in [0.717, 1.165) is 28.0 Å². The maximum Gasteiger partial charge on any atom is 0.198 e. The molecule has 0 fully saturated rings. The van der Waals surface area contributed by atoms with E-state index in [0.29, 0.717) is 18.1 Å². The fraction of sp³-hybridized carbons (Fsp3) is 0.100. The minimum absolute atomic E-state index is 0.567. The van der Waals surface area contributed by atoms with Crippen LogP contribution in [0.2, 0.25) is 0 Å². The minimum atomic E-state index is 0.567. The van der Waals surface area contributed by atoms with E-state index in [1.807, 2.05) is 60.7 Å². The van der Waals surface area contributed by atoms with Gasteiger partial charge in [0, 0.05) is 11.9 Å². The predicted octanol–water partition coefficient (Wildman–Crippen LogP) is 4.51. The van der Waals surface area contributed by atoms with Gasteiger partial charge in [0.05, 0.1) is 18.9 Å². The minimum Gasteiger partial charge on any atom is -0.497 e. The molecular weight excluding hydrogens is 314 g/mol. The Hall–Kier alpha value is -3.34. The second-order valence-electron chi connectivity index (χ2n) is 5.60. The number of nitrogens with one attached hydrogen (secondary N) is 1. The maximum absolute atomic E-state index is 5.45. The largest absolute Gasteiger partial charge is 0.497 e. The van der Waals surface area contributed by atoms with Crippen LogP contribution in [0.25, 0.3) is 22.5 Å². The van der Waals surface area contributed by atoms with Crippen LogP contribution in [0.15, 0.2) is 71.3 Å². The van der Waals surface area contributed by atoms with Crippen molar-refractivity contribution in [1.82, 2.24) is 9.97 Å². The Morgan fingerprint density at radius 3 is 2.76 bits per heavy atom. The van der Waals surface area contributed by atoms with E-state index in [4.69, 9.17) is 9.15 Å². The highest BCUT2D eigenvalue weighted by atomic mass is 16.5. The maximum atomic E-state index is 5.45. The molecule has 124 valence electrons. The van der Waals surface area contributed by atoms with Crippen molar-refractivity contribution in [2.45, 2.75) is 6.54 Å². The second-order valence-corrected chi connectivity index (χ2v) is 5.60. The lowest BCUT2D eigenvalue weighted by Crippen LogP contribution is -2.04. The highest BCUT2D eigenvalue weighted by Gasteiger charge is 2.11. The number of methoxy groups -OCH3 is 1. The first-order valence-electron chi connectivity index (χ1n) is 8.01. The summed E-state index contributed by atoms with van der Waals surface area (Å²) in [5.41, 5.74) is 1.98. The molecule has 2 aromatic carbocycles. The van der Waals surface area contributed by atoms with Gasteiger partial charge in [0.15, 0.2) is 11.6 Å². The number of fused-ring (bicyclic) bond motifs is 1. The van der Waals surface area contributed by atoms with Crippen LogP contribution in [0.4, 0.5) is 5.82 Å². The molecule has 2 heterocycles. The molecule has 4 rings (SSSR count). The van der Waals surface area contributed by atoms with Crippen LogP contribution in [-0.2, 0) is 6.54 Å². The van der Waals surface area contributed by atoms with Gasteiger partial charge in [0.25, 0.3) is 0 Å². The van der Waals surface area contributed by atoms with Gasteiger partial charge in [-0.05, 0) is 42.0 Å². The molecule has 0 saturated carbocycles. The van der Waals surface area contributed by atoms with E-state index in [-0.39, 0.29) is 0 Å². The van der Waals surface area contributed by atoms with E-state index < -0.39 is 0 Å². The van der Waals surface area contributed by atoms with Gasteiger partial charge in [-0.25, -0.2) is 9.97 Å². The number of anilines is 1. The summed E-state index contributed by atoms with van der Waals surface area (Å²) in [6.07, 6.45) is 1.62. The van der Waals surface area contributed by atoms with E-state index in [1.165, 1.54) is 0 Å². The molecule has 4 aromatic rings. The molecule has 0 atom stereocenters. The van der Waals surface area contributed by atoms with E-state index in [1.54, 1.807) is 13.4 Å². The third-order valence-electron chi connectivity index (χ3n) is 3.94. The molecule has 0 amide bonds. The van der Waals surface area contributed by atoms with Gasteiger partial charge in [0.2, 0.25) is 0 Å². The summed E-state index contributed by atoms with van der Waals surface area (Å²) in [7, 11) is 1.67. The van der Waals surface area contributed by atoms with Crippen LogP contribution in [0.3, 0.4) is 0 Å². The third kappa shape index (κ3) is 3.17. The van der Waals surface area contributed by atoms with Crippen LogP contribution in [0.5, 0.6) is 5.75 Å². The smallest absolute Gasteiger partial charge is 0.198 e. The van der Waals surface area contributed by atoms with Crippen LogP contribution >= 0.6 is 0 Å². The van der Waals surface area contributed by atoms with E-state index >= 15 is 0 Å². The predicted molar refractivity (Wildman–Crippen MR) is 97.6 cm³/mol. The number of aromatic nitrogens is 2. The van der Waals surface area contributed by atoms with Crippen molar-refractivity contribution in [3.8, 4) is 17.3 Å². The van der Waals surface area contributed by atoms with Crippen LogP contribution < -0.4 is 10.1 Å². The molecule has 0 aliphatic heterocycles. The van der Waals surface area contributed by atoms with Crippen LogP contribution in [-0.4, -0.2) is 17.1 Å². The number of ether oxygens (including phenoxy) is 1. The molecule has 0 saturated heterocycles. The second kappa shape index (κ2) is 6.65. The molecule has 0 aliphatic rings. The Balaban J connectivity index is 1.70. The summed E-state index contributed by atoms with van der Waals surface area (Å²) in [4.78, 5) is 9.25. The fourth-order valence-corrected chi connectivity index (χ4v) is 2.70. The normalized spacial score (nSPS) is 10.8. The Labute approximate surface area is 145 Å². The van der Waals surface area contributed by atoms with Crippen molar-refractivity contribution in [2.24, 2.45) is 0 Å². The van der Waals surface area contributed by atoms with E-state index in [2.05, 4.69) is 15.3 Å². The summed E-state index contributed by atoms with van der Waals surface area (Å²) in [5, 5.41) is 4.38. The Kier molecular flexibility index (Phi) is 4.04.